The molecule has 3 N–H and O–H groups in total. The van der Waals surface area contributed by atoms with Gasteiger partial charge in [-0.3, -0.25) is 14.4 Å². The van der Waals surface area contributed by atoms with Gasteiger partial charge in [0.15, 0.2) is 0 Å². The minimum atomic E-state index is -4.66. The third-order valence-electron chi connectivity index (χ3n) is 4.80. The van der Waals surface area contributed by atoms with E-state index in [9.17, 15) is 27.6 Å². The number of carbonyl (C=O) groups excluding carboxylic acids is 2. The summed E-state index contributed by atoms with van der Waals surface area (Å²) >= 11 is 5.66. The van der Waals surface area contributed by atoms with Crippen LogP contribution in [0.5, 0.6) is 0 Å². The van der Waals surface area contributed by atoms with Gasteiger partial charge in [-0.1, -0.05) is 31.2 Å². The van der Waals surface area contributed by atoms with Gasteiger partial charge in [0.2, 0.25) is 11.8 Å². The monoisotopic (exact) mass is 467 g/mol. The number of nitrogens with zero attached hydrogens (tertiary/aromatic N) is 1. The molecular formula is C22H21ClF3N3O3. The van der Waals surface area contributed by atoms with Crippen LogP contribution in [0.4, 0.5) is 18.9 Å². The quantitative estimate of drug-likeness (QED) is 0.577. The summed E-state index contributed by atoms with van der Waals surface area (Å²) in [5.41, 5.74) is 3.80. The fourth-order valence-electron chi connectivity index (χ4n) is 3.18. The van der Waals surface area contributed by atoms with E-state index in [1.54, 1.807) is 0 Å². The van der Waals surface area contributed by atoms with Crippen molar-refractivity contribution < 1.29 is 22.8 Å². The summed E-state index contributed by atoms with van der Waals surface area (Å²) in [7, 11) is 0. The molecule has 6 nitrogen and oxygen atoms in total. The van der Waals surface area contributed by atoms with Crippen molar-refractivity contribution in [3.05, 3.63) is 75.2 Å². The maximum Gasteiger partial charge on any atom is 0.416 e. The summed E-state index contributed by atoms with van der Waals surface area (Å²) in [6.07, 6.45) is -3.84. The number of pyridine rings is 1. The van der Waals surface area contributed by atoms with E-state index in [2.05, 4.69) is 5.32 Å². The molecule has 2 aromatic carbocycles. The molecule has 0 bridgehead atoms. The minimum absolute atomic E-state index is 0. The molecule has 1 atom stereocenters. The van der Waals surface area contributed by atoms with Crippen molar-refractivity contribution in [3.63, 3.8) is 0 Å². The molecule has 1 heterocycles. The highest BCUT2D eigenvalue weighted by Gasteiger charge is 2.34. The maximum absolute atomic E-state index is 13.3. The summed E-state index contributed by atoms with van der Waals surface area (Å²) < 4.78 is 40.9. The van der Waals surface area contributed by atoms with Crippen LogP contribution in [0, 0.1) is 0 Å². The Hall–Kier alpha value is -3.33. The lowest BCUT2D eigenvalue weighted by molar-refractivity contribution is -0.138. The second kappa shape index (κ2) is 9.44. The summed E-state index contributed by atoms with van der Waals surface area (Å²) in [4.78, 5) is 36.6. The Morgan fingerprint density at radius 3 is 2.47 bits per heavy atom. The first-order chi connectivity index (χ1) is 14.5. The van der Waals surface area contributed by atoms with E-state index in [-0.39, 0.29) is 29.1 Å². The Bertz CT molecular complexity index is 1240. The number of nitrogens with two attached hydrogens (primary N) is 1. The molecule has 10 heteroatoms. The third-order valence-corrected chi connectivity index (χ3v) is 5.04. The van der Waals surface area contributed by atoms with Gasteiger partial charge in [0, 0.05) is 27.7 Å². The van der Waals surface area contributed by atoms with Crippen molar-refractivity contribution in [3.8, 4) is 0 Å². The van der Waals surface area contributed by atoms with Crippen molar-refractivity contribution in [1.29, 1.82) is 0 Å². The van der Waals surface area contributed by atoms with Crippen molar-refractivity contribution >= 4 is 39.9 Å². The third kappa shape index (κ3) is 5.11. The largest absolute Gasteiger partial charge is 0.416 e. The molecule has 0 aliphatic heterocycles. The Kier molecular flexibility index (Phi) is 7.35. The molecule has 3 aromatic rings. The van der Waals surface area contributed by atoms with Crippen molar-refractivity contribution in [1.82, 2.24) is 4.57 Å². The topological polar surface area (TPSA) is 94.2 Å². The summed E-state index contributed by atoms with van der Waals surface area (Å²) in [6.45, 7) is 1.48. The van der Waals surface area contributed by atoms with Crippen LogP contribution in [-0.4, -0.2) is 16.4 Å². The van der Waals surface area contributed by atoms with E-state index in [1.807, 2.05) is 0 Å². The number of rotatable bonds is 5. The van der Waals surface area contributed by atoms with E-state index >= 15 is 0 Å². The number of halogens is 4. The van der Waals surface area contributed by atoms with Gasteiger partial charge < -0.3 is 15.6 Å². The first kappa shape index (κ1) is 24.9. The van der Waals surface area contributed by atoms with Crippen LogP contribution in [0.2, 0.25) is 5.02 Å². The van der Waals surface area contributed by atoms with Gasteiger partial charge in [-0.2, -0.15) is 13.2 Å². The van der Waals surface area contributed by atoms with E-state index in [1.165, 1.54) is 48.0 Å². The van der Waals surface area contributed by atoms with Crippen LogP contribution in [0.3, 0.4) is 0 Å². The number of alkyl halides is 3. The van der Waals surface area contributed by atoms with E-state index in [4.69, 9.17) is 17.3 Å². The van der Waals surface area contributed by atoms with Gasteiger partial charge in [0.25, 0.3) is 5.56 Å². The zero-order chi connectivity index (χ0) is 22.9. The van der Waals surface area contributed by atoms with Gasteiger partial charge >= 0.3 is 6.18 Å². The van der Waals surface area contributed by atoms with Crippen molar-refractivity contribution in [2.75, 3.05) is 5.32 Å². The summed E-state index contributed by atoms with van der Waals surface area (Å²) in [5.74, 6) is -1.38. The predicted octanol–water partition coefficient (Wildman–Crippen LogP) is 4.54. The lowest BCUT2D eigenvalue weighted by Crippen LogP contribution is -2.31. The molecule has 0 aliphatic carbocycles. The number of anilines is 1. The van der Waals surface area contributed by atoms with Crippen molar-refractivity contribution in [2.24, 2.45) is 5.73 Å². The highest BCUT2D eigenvalue weighted by Crippen LogP contribution is 2.34. The smallest absolute Gasteiger partial charge is 0.368 e. The number of hydrogen-bond acceptors (Lipinski definition) is 3. The van der Waals surface area contributed by atoms with Crippen molar-refractivity contribution in [2.45, 2.75) is 33.0 Å². The Morgan fingerprint density at radius 1 is 1.16 bits per heavy atom. The molecule has 3 rings (SSSR count). The van der Waals surface area contributed by atoms with Crippen LogP contribution in [0.25, 0.3) is 10.8 Å². The Labute approximate surface area is 186 Å². The van der Waals surface area contributed by atoms with Gasteiger partial charge in [-0.25, -0.2) is 0 Å². The highest BCUT2D eigenvalue weighted by atomic mass is 35.5. The SMILES string of the molecule is C.C[C@H](C(N)=O)n1ccc2c(NC(=O)Cc3ccc(Cl)cc3C(F)(F)F)cccc2c1=O. The average Bonchev–Trinajstić information content (AvgIpc) is 2.69. The van der Waals surface area contributed by atoms with Crippen LogP contribution in [0.1, 0.15) is 31.5 Å². The van der Waals surface area contributed by atoms with Crippen LogP contribution >= 0.6 is 11.6 Å². The normalized spacial score (nSPS) is 12.2. The molecule has 0 spiro atoms. The standard InChI is InChI=1S/C21H17ClF3N3O3.CH4/c1-11(19(26)30)28-8-7-14-15(20(28)31)3-2-4-17(14)27-18(29)9-12-5-6-13(22)10-16(12)21(23,24)25;/h2-8,10-11H,9H2,1H3,(H2,26,30)(H,27,29);1H4/t11-;/m1./s1. The fourth-order valence-corrected chi connectivity index (χ4v) is 3.35. The van der Waals surface area contributed by atoms with Gasteiger partial charge in [-0.05, 0) is 42.8 Å². The molecule has 170 valence electrons. The van der Waals surface area contributed by atoms with Gasteiger partial charge in [0.05, 0.1) is 12.0 Å². The van der Waals surface area contributed by atoms with E-state index in [0.717, 1.165) is 12.1 Å². The number of benzene rings is 2. The minimum Gasteiger partial charge on any atom is -0.368 e. The zero-order valence-corrected chi connectivity index (χ0v) is 16.9. The molecule has 2 amide bonds. The number of carbonyl (C=O) groups is 2. The lowest BCUT2D eigenvalue weighted by atomic mass is 10.0. The number of hydrogen-bond donors (Lipinski definition) is 2. The molecule has 0 radical (unpaired) electrons. The van der Waals surface area contributed by atoms with Gasteiger partial charge in [0.1, 0.15) is 6.04 Å². The zero-order valence-electron chi connectivity index (χ0n) is 16.2. The molecular weight excluding hydrogens is 447 g/mol. The Morgan fingerprint density at radius 2 is 1.84 bits per heavy atom. The first-order valence-electron chi connectivity index (χ1n) is 9.07. The number of aromatic nitrogens is 1. The molecule has 0 saturated heterocycles. The molecule has 0 unspecified atom stereocenters. The lowest BCUT2D eigenvalue weighted by Gasteiger charge is -2.15. The first-order valence-corrected chi connectivity index (χ1v) is 9.45. The fraction of sp³-hybridized carbons (Fsp3) is 0.227. The van der Waals surface area contributed by atoms with E-state index < -0.39 is 41.6 Å². The number of primary amides is 1. The Balaban J connectivity index is 0.00000363. The number of fused-ring (bicyclic) bond motifs is 1. The maximum atomic E-state index is 13.3. The highest BCUT2D eigenvalue weighted by molar-refractivity contribution is 6.30. The van der Waals surface area contributed by atoms with E-state index in [0.29, 0.717) is 5.39 Å². The average molecular weight is 468 g/mol. The molecule has 1 aromatic heterocycles. The second-order valence-electron chi connectivity index (χ2n) is 6.90. The van der Waals surface area contributed by atoms with Gasteiger partial charge in [-0.15, -0.1) is 0 Å². The molecule has 0 saturated carbocycles. The molecule has 0 aliphatic rings. The molecule has 0 fully saturated rings. The number of amides is 2. The second-order valence-corrected chi connectivity index (χ2v) is 7.33. The molecule has 32 heavy (non-hydrogen) atoms. The predicted molar refractivity (Wildman–Crippen MR) is 118 cm³/mol. The summed E-state index contributed by atoms with van der Waals surface area (Å²) in [5, 5.41) is 3.05. The summed E-state index contributed by atoms with van der Waals surface area (Å²) in [6, 6.07) is 8.40. The number of nitrogens with one attached hydrogen (secondary N) is 1. The van der Waals surface area contributed by atoms with Crippen LogP contribution in [0.15, 0.2) is 53.5 Å². The van der Waals surface area contributed by atoms with Crippen LogP contribution < -0.4 is 16.6 Å². The van der Waals surface area contributed by atoms with Crippen LogP contribution in [-0.2, 0) is 22.2 Å².